The van der Waals surface area contributed by atoms with Crippen molar-refractivity contribution in [1.82, 2.24) is 10.6 Å². The van der Waals surface area contributed by atoms with Gasteiger partial charge in [-0.2, -0.15) is 0 Å². The molecule has 0 radical (unpaired) electrons. The summed E-state index contributed by atoms with van der Waals surface area (Å²) >= 11 is 0. The zero-order valence-electron chi connectivity index (χ0n) is 16.7. The maximum atomic E-state index is 4.67. The molecule has 2 aliphatic carbocycles. The van der Waals surface area contributed by atoms with Gasteiger partial charge in [0, 0.05) is 17.8 Å². The van der Waals surface area contributed by atoms with Crippen molar-refractivity contribution in [2.24, 2.45) is 15.8 Å². The van der Waals surface area contributed by atoms with Gasteiger partial charge in [0.1, 0.15) is 0 Å². The van der Waals surface area contributed by atoms with Crippen LogP contribution in [0.4, 0.5) is 0 Å². The van der Waals surface area contributed by atoms with Crippen molar-refractivity contribution in [3.63, 3.8) is 0 Å². The van der Waals surface area contributed by atoms with Gasteiger partial charge in [-0.1, -0.05) is 39.5 Å². The maximum absolute atomic E-state index is 4.67. The highest BCUT2D eigenvalue weighted by Gasteiger charge is 2.59. The molecule has 0 aromatic carbocycles. The molecule has 0 heterocycles. The average molecular weight is 342 g/mol. The molecule has 3 unspecified atom stereocenters. The van der Waals surface area contributed by atoms with Gasteiger partial charge in [0.25, 0.3) is 0 Å². The molecule has 0 amide bonds. The SMILES string of the molecule is C=C=C(NC(C)CCCNCC)C1=CCC2(C)CC2(C)C=C1N=CC. The number of nitrogens with zero attached hydrogens (tertiary/aromatic N) is 1. The monoisotopic (exact) mass is 341 g/mol. The zero-order chi connectivity index (χ0) is 18.5. The van der Waals surface area contributed by atoms with E-state index in [0.717, 1.165) is 49.3 Å². The van der Waals surface area contributed by atoms with Crippen LogP contribution >= 0.6 is 0 Å². The molecule has 0 bridgehead atoms. The standard InChI is InChI=1S/C22H35N3/c1-7-19(25-17(4)11-10-14-23-8-2)18-12-13-21(5)16-22(21,6)15-20(18)24-9-3/h9,12,15,17,23,25H,1,8,10-11,13-14,16H2,2-6H3. The zero-order valence-corrected chi connectivity index (χ0v) is 16.7. The topological polar surface area (TPSA) is 36.4 Å². The lowest BCUT2D eigenvalue weighted by atomic mass is 9.94. The third-order valence-corrected chi connectivity index (χ3v) is 5.84. The van der Waals surface area contributed by atoms with Gasteiger partial charge in [-0.25, -0.2) is 0 Å². The highest BCUT2D eigenvalue weighted by atomic mass is 14.9. The van der Waals surface area contributed by atoms with E-state index in [2.05, 4.69) is 67.8 Å². The molecule has 0 spiro atoms. The number of nitrogens with one attached hydrogen (secondary N) is 2. The van der Waals surface area contributed by atoms with Gasteiger partial charge in [0.05, 0.1) is 11.4 Å². The predicted molar refractivity (Wildman–Crippen MR) is 109 cm³/mol. The minimum Gasteiger partial charge on any atom is -0.376 e. The van der Waals surface area contributed by atoms with Crippen molar-refractivity contribution in [2.75, 3.05) is 13.1 Å². The van der Waals surface area contributed by atoms with Crippen LogP contribution in [-0.2, 0) is 0 Å². The third kappa shape index (κ3) is 4.54. The van der Waals surface area contributed by atoms with Crippen LogP contribution in [0.5, 0.6) is 0 Å². The number of rotatable bonds is 9. The molecule has 3 atom stereocenters. The lowest BCUT2D eigenvalue weighted by Gasteiger charge is -2.19. The maximum Gasteiger partial charge on any atom is 0.0861 e. The normalized spacial score (nSPS) is 29.2. The molecule has 138 valence electrons. The summed E-state index contributed by atoms with van der Waals surface area (Å²) in [6, 6.07) is 0.389. The summed E-state index contributed by atoms with van der Waals surface area (Å²) in [5, 5.41) is 7.00. The van der Waals surface area contributed by atoms with E-state index < -0.39 is 0 Å². The molecule has 2 N–H and O–H groups in total. The Morgan fingerprint density at radius 2 is 2.24 bits per heavy atom. The van der Waals surface area contributed by atoms with E-state index in [0.29, 0.717) is 11.5 Å². The van der Waals surface area contributed by atoms with E-state index in [9.17, 15) is 0 Å². The summed E-state index contributed by atoms with van der Waals surface area (Å²) in [6.45, 7) is 17.1. The van der Waals surface area contributed by atoms with Crippen LogP contribution in [0, 0.1) is 10.8 Å². The first-order valence-corrected chi connectivity index (χ1v) is 9.69. The largest absolute Gasteiger partial charge is 0.376 e. The van der Waals surface area contributed by atoms with Crippen molar-refractivity contribution in [3.8, 4) is 0 Å². The van der Waals surface area contributed by atoms with E-state index >= 15 is 0 Å². The van der Waals surface area contributed by atoms with Crippen LogP contribution in [0.2, 0.25) is 0 Å². The molecule has 0 saturated heterocycles. The van der Waals surface area contributed by atoms with E-state index in [1.54, 1.807) is 0 Å². The summed E-state index contributed by atoms with van der Waals surface area (Å²) in [5.41, 5.74) is 6.96. The minimum absolute atomic E-state index is 0.261. The summed E-state index contributed by atoms with van der Waals surface area (Å²) in [5.74, 6) is 0. The highest BCUT2D eigenvalue weighted by molar-refractivity contribution is 5.60. The Balaban J connectivity index is 2.12. The molecule has 3 heteroatoms. The Labute approximate surface area is 154 Å². The number of allylic oxidation sites excluding steroid dienone is 2. The Morgan fingerprint density at radius 1 is 1.48 bits per heavy atom. The second kappa shape index (κ2) is 8.21. The summed E-state index contributed by atoms with van der Waals surface area (Å²) < 4.78 is 0. The second-order valence-corrected chi connectivity index (χ2v) is 7.99. The third-order valence-electron chi connectivity index (χ3n) is 5.84. The van der Waals surface area contributed by atoms with Crippen molar-refractivity contribution in [1.29, 1.82) is 0 Å². The van der Waals surface area contributed by atoms with Gasteiger partial charge in [-0.15, -0.1) is 5.73 Å². The van der Waals surface area contributed by atoms with Gasteiger partial charge < -0.3 is 10.6 Å². The predicted octanol–water partition coefficient (Wildman–Crippen LogP) is 4.74. The van der Waals surface area contributed by atoms with Gasteiger partial charge >= 0.3 is 0 Å². The molecular weight excluding hydrogens is 306 g/mol. The lowest BCUT2D eigenvalue weighted by Crippen LogP contribution is -2.27. The fourth-order valence-electron chi connectivity index (χ4n) is 3.84. The first-order chi connectivity index (χ1) is 11.9. The van der Waals surface area contributed by atoms with E-state index in [4.69, 9.17) is 0 Å². The molecule has 1 saturated carbocycles. The molecule has 2 aliphatic rings. The number of aliphatic imine (C=N–C) groups is 1. The van der Waals surface area contributed by atoms with E-state index in [-0.39, 0.29) is 5.41 Å². The fraction of sp³-hybridized carbons (Fsp3) is 0.636. The number of fused-ring (bicyclic) bond motifs is 1. The molecule has 25 heavy (non-hydrogen) atoms. The second-order valence-electron chi connectivity index (χ2n) is 7.99. The van der Waals surface area contributed by atoms with Crippen molar-refractivity contribution in [2.45, 2.75) is 66.3 Å². The van der Waals surface area contributed by atoms with Crippen molar-refractivity contribution in [3.05, 3.63) is 41.4 Å². The Bertz CT molecular complexity index is 621. The first-order valence-electron chi connectivity index (χ1n) is 9.69. The van der Waals surface area contributed by atoms with Gasteiger partial charge in [-0.3, -0.25) is 4.99 Å². The van der Waals surface area contributed by atoms with Crippen LogP contribution in [0.25, 0.3) is 0 Å². The summed E-state index contributed by atoms with van der Waals surface area (Å²) in [4.78, 5) is 4.67. The number of hydrogen-bond acceptors (Lipinski definition) is 3. The lowest BCUT2D eigenvalue weighted by molar-refractivity contribution is 0.463. The van der Waals surface area contributed by atoms with Crippen LogP contribution in [0.15, 0.2) is 46.4 Å². The quantitative estimate of drug-likeness (QED) is 0.361. The molecular formula is C22H35N3. The average Bonchev–Trinajstić information content (AvgIpc) is 3.12. The summed E-state index contributed by atoms with van der Waals surface area (Å²) in [7, 11) is 0. The Kier molecular flexibility index (Phi) is 6.48. The van der Waals surface area contributed by atoms with Crippen LogP contribution in [0.3, 0.4) is 0 Å². The van der Waals surface area contributed by atoms with Gasteiger partial charge in [-0.05, 0) is 63.5 Å². The van der Waals surface area contributed by atoms with Gasteiger partial charge in [0.2, 0.25) is 0 Å². The molecule has 0 aromatic heterocycles. The molecule has 0 aromatic rings. The Hall–Kier alpha value is -1.57. The molecule has 2 rings (SSSR count). The minimum atomic E-state index is 0.261. The first kappa shape index (κ1) is 19.8. The van der Waals surface area contributed by atoms with Crippen LogP contribution in [0.1, 0.15) is 60.3 Å². The summed E-state index contributed by atoms with van der Waals surface area (Å²) in [6.07, 6.45) is 11.2. The van der Waals surface area contributed by atoms with Crippen LogP contribution in [-0.4, -0.2) is 25.3 Å². The smallest absolute Gasteiger partial charge is 0.0861 e. The van der Waals surface area contributed by atoms with Crippen molar-refractivity contribution >= 4 is 6.21 Å². The Morgan fingerprint density at radius 3 is 2.88 bits per heavy atom. The molecule has 3 nitrogen and oxygen atoms in total. The van der Waals surface area contributed by atoms with E-state index in [1.807, 2.05) is 13.1 Å². The molecule has 0 aliphatic heterocycles. The number of hydrogen-bond donors (Lipinski definition) is 2. The van der Waals surface area contributed by atoms with E-state index in [1.165, 1.54) is 6.42 Å². The fourth-order valence-corrected chi connectivity index (χ4v) is 3.84. The van der Waals surface area contributed by atoms with Crippen LogP contribution < -0.4 is 10.6 Å². The molecule has 1 fully saturated rings. The highest BCUT2D eigenvalue weighted by Crippen LogP contribution is 2.68. The van der Waals surface area contributed by atoms with Crippen molar-refractivity contribution < 1.29 is 0 Å². The van der Waals surface area contributed by atoms with Gasteiger partial charge in [0.15, 0.2) is 0 Å².